The van der Waals surface area contributed by atoms with E-state index in [0.717, 1.165) is 25.4 Å². The van der Waals surface area contributed by atoms with Crippen LogP contribution in [0.15, 0.2) is 82.9 Å². The lowest BCUT2D eigenvalue weighted by Gasteiger charge is -2.49. The number of nitro benzene ring substituents is 1. The molecule has 0 radical (unpaired) electrons. The molecule has 12 nitrogen and oxygen atoms in total. The summed E-state index contributed by atoms with van der Waals surface area (Å²) in [7, 11) is 1.68. The molecule has 3 aromatic carbocycles. The highest BCUT2D eigenvalue weighted by molar-refractivity contribution is 9.10. The van der Waals surface area contributed by atoms with Crippen molar-refractivity contribution in [3.05, 3.63) is 109 Å². The minimum atomic E-state index is -1.40. The van der Waals surface area contributed by atoms with Crippen molar-refractivity contribution in [2.75, 3.05) is 9.80 Å². The summed E-state index contributed by atoms with van der Waals surface area (Å²) in [4.78, 5) is 72.4. The number of phenolic OH excluding ortho intramolecular Hbond substituents is 1. The number of hydrogen-bond acceptors (Lipinski definition) is 9. The third kappa shape index (κ3) is 5.03. The zero-order valence-electron chi connectivity index (χ0n) is 29.5. The summed E-state index contributed by atoms with van der Waals surface area (Å²) >= 11 is 11.4. The van der Waals surface area contributed by atoms with Crippen LogP contribution in [0.1, 0.15) is 36.8 Å². The predicted molar refractivity (Wildman–Crippen MR) is 210 cm³/mol. The highest BCUT2D eigenvalue weighted by Gasteiger charge is 2.68. The molecule has 2 aromatic heterocycles. The monoisotopic (exact) mass is 839 g/mol. The number of benzene rings is 3. The quantitative estimate of drug-likeness (QED) is 0.0806. The Balaban J connectivity index is 1.15. The van der Waals surface area contributed by atoms with Gasteiger partial charge in [-0.3, -0.25) is 34.0 Å². The summed E-state index contributed by atoms with van der Waals surface area (Å²) in [6, 6.07) is 17.7. The van der Waals surface area contributed by atoms with Crippen LogP contribution in [0.3, 0.4) is 0 Å². The lowest BCUT2D eigenvalue weighted by atomic mass is 9.51. The fourth-order valence-corrected chi connectivity index (χ4v) is 11.2. The van der Waals surface area contributed by atoms with Crippen LogP contribution >= 0.6 is 38.9 Å². The largest absolute Gasteiger partial charge is 0.508 e. The van der Waals surface area contributed by atoms with Crippen LogP contribution in [0.25, 0.3) is 20.7 Å². The van der Waals surface area contributed by atoms with Gasteiger partial charge in [0.05, 0.1) is 38.7 Å². The second-order valence-electron chi connectivity index (χ2n) is 14.9. The highest BCUT2D eigenvalue weighted by atomic mass is 79.9. The number of thiophene rings is 1. The van der Waals surface area contributed by atoms with E-state index in [1.807, 2.05) is 31.2 Å². The molecule has 1 N–H and O–H groups in total. The number of rotatable bonds is 5. The molecule has 3 fully saturated rings. The van der Waals surface area contributed by atoms with Gasteiger partial charge in [0.15, 0.2) is 0 Å². The van der Waals surface area contributed by atoms with Crippen molar-refractivity contribution in [3.8, 4) is 16.3 Å². The van der Waals surface area contributed by atoms with Crippen LogP contribution in [0.5, 0.6) is 5.75 Å². The van der Waals surface area contributed by atoms with E-state index in [4.69, 9.17) is 16.7 Å². The van der Waals surface area contributed by atoms with E-state index in [1.54, 1.807) is 32.2 Å². The molecule has 4 heterocycles. The summed E-state index contributed by atoms with van der Waals surface area (Å²) in [6.07, 6.45) is 2.16. The fourth-order valence-electron chi connectivity index (χ4n) is 9.55. The van der Waals surface area contributed by atoms with E-state index in [0.29, 0.717) is 26.3 Å². The van der Waals surface area contributed by atoms with Gasteiger partial charge in [-0.25, -0.2) is 9.80 Å². The number of anilines is 2. The first-order valence-electron chi connectivity index (χ1n) is 17.6. The van der Waals surface area contributed by atoms with Crippen LogP contribution < -0.4 is 9.80 Å². The number of halogens is 2. The number of aromatic nitrogens is 2. The van der Waals surface area contributed by atoms with Crippen molar-refractivity contribution < 1.29 is 29.2 Å². The smallest absolute Gasteiger partial charge is 0.271 e. The van der Waals surface area contributed by atoms with Gasteiger partial charge in [0.2, 0.25) is 23.6 Å². The Bertz CT molecular complexity index is 2620. The molecule has 4 aliphatic rings. The second kappa shape index (κ2) is 12.4. The molecule has 0 bridgehead atoms. The van der Waals surface area contributed by atoms with E-state index in [1.165, 1.54) is 51.3 Å². The number of carbonyl (C=O) groups is 4. The molecule has 278 valence electrons. The standard InChI is InChI=1S/C40H31BrClN5O7S/c1-18-25-14-20(42)8-12-31(25)55-35(18)29-17-32(44(3)43-29)46-37(50)28-16-26-23(34(40(28,2)39(46)52)27-13-19(41)7-11-30(27)48)9-10-24-33(26)38(51)45(36(24)49)21-5-4-6-22(15-21)47(53)54/h4-9,11-15,17,24,26,28,33-34,48H,10,16H2,1-3H3. The Labute approximate surface area is 331 Å². The predicted octanol–water partition coefficient (Wildman–Crippen LogP) is 8.08. The number of amides is 4. The van der Waals surface area contributed by atoms with Gasteiger partial charge in [-0.2, -0.15) is 5.10 Å². The SMILES string of the molecule is Cc1c(-c2cc(N3C(=O)C4CC5C(=CCC6C(=O)N(c7cccc([N+](=O)[O-])c7)C(=O)C65)C(c5cc(Br)ccc5O)C4(C)C3=O)n(C)n2)sc2ccc(Cl)cc12. The van der Waals surface area contributed by atoms with Crippen molar-refractivity contribution >= 4 is 89.8 Å². The molecule has 6 atom stereocenters. The van der Waals surface area contributed by atoms with E-state index in [2.05, 4.69) is 15.9 Å². The summed E-state index contributed by atoms with van der Waals surface area (Å²) < 4.78 is 3.18. The molecule has 9 rings (SSSR count). The van der Waals surface area contributed by atoms with Crippen molar-refractivity contribution in [3.63, 3.8) is 0 Å². The van der Waals surface area contributed by atoms with E-state index < -0.39 is 63.6 Å². The average molecular weight is 841 g/mol. The number of aromatic hydroxyl groups is 1. The molecule has 5 aromatic rings. The Morgan fingerprint density at radius 2 is 1.78 bits per heavy atom. The number of fused-ring (bicyclic) bond motifs is 5. The molecule has 0 spiro atoms. The first-order chi connectivity index (χ1) is 26.2. The number of nitro groups is 1. The maximum atomic E-state index is 15.1. The maximum Gasteiger partial charge on any atom is 0.271 e. The second-order valence-corrected chi connectivity index (χ2v) is 17.3. The lowest BCUT2D eigenvalue weighted by molar-refractivity contribution is -0.384. The molecule has 4 amide bonds. The van der Waals surface area contributed by atoms with Crippen molar-refractivity contribution in [2.24, 2.45) is 36.1 Å². The molecular formula is C40H31BrClN5O7S. The zero-order valence-corrected chi connectivity index (χ0v) is 32.7. The maximum absolute atomic E-state index is 15.1. The highest BCUT2D eigenvalue weighted by Crippen LogP contribution is 2.64. The minimum absolute atomic E-state index is 0.0780. The van der Waals surface area contributed by atoms with Gasteiger partial charge in [-0.05, 0) is 86.0 Å². The summed E-state index contributed by atoms with van der Waals surface area (Å²) in [5.74, 6) is -5.80. The van der Waals surface area contributed by atoms with E-state index >= 15 is 4.79 Å². The number of non-ortho nitro benzene ring substituents is 1. The molecule has 6 unspecified atom stereocenters. The first-order valence-corrected chi connectivity index (χ1v) is 19.6. The summed E-state index contributed by atoms with van der Waals surface area (Å²) in [5, 5.41) is 29.4. The van der Waals surface area contributed by atoms with Crippen LogP contribution in [-0.2, 0) is 26.2 Å². The zero-order chi connectivity index (χ0) is 38.8. The van der Waals surface area contributed by atoms with E-state index in [9.17, 15) is 29.6 Å². The fraction of sp³-hybridized carbons (Fsp3) is 0.275. The molecule has 2 saturated heterocycles. The molecule has 2 aliphatic carbocycles. The number of phenols is 1. The number of allylic oxidation sites excluding steroid dienone is 2. The van der Waals surface area contributed by atoms with Crippen LogP contribution in [0.4, 0.5) is 17.2 Å². The minimum Gasteiger partial charge on any atom is -0.508 e. The Morgan fingerprint density at radius 1 is 1.00 bits per heavy atom. The van der Waals surface area contributed by atoms with Crippen molar-refractivity contribution in [1.29, 1.82) is 0 Å². The number of hydrogen-bond donors (Lipinski definition) is 1. The van der Waals surface area contributed by atoms with Crippen molar-refractivity contribution in [2.45, 2.75) is 32.6 Å². The van der Waals surface area contributed by atoms with Gasteiger partial charge < -0.3 is 5.11 Å². The van der Waals surface area contributed by atoms with Crippen LogP contribution in [0.2, 0.25) is 5.02 Å². The number of aryl methyl sites for hydroxylation is 2. The molecule has 1 saturated carbocycles. The Kier molecular flexibility index (Phi) is 8.02. The van der Waals surface area contributed by atoms with Gasteiger partial charge in [-0.1, -0.05) is 45.2 Å². The van der Waals surface area contributed by atoms with Crippen LogP contribution in [-0.4, -0.2) is 43.4 Å². The van der Waals surface area contributed by atoms with Crippen molar-refractivity contribution in [1.82, 2.24) is 9.78 Å². The number of carbonyl (C=O) groups excluding carboxylic acids is 4. The Morgan fingerprint density at radius 3 is 2.55 bits per heavy atom. The topological polar surface area (TPSA) is 156 Å². The average Bonchev–Trinajstić information content (AvgIpc) is 3.82. The first kappa shape index (κ1) is 35.5. The molecule has 15 heteroatoms. The number of imide groups is 2. The summed E-state index contributed by atoms with van der Waals surface area (Å²) in [6.45, 7) is 3.73. The van der Waals surface area contributed by atoms with Gasteiger partial charge >= 0.3 is 0 Å². The third-order valence-corrected chi connectivity index (χ3v) is 14.1. The molecule has 55 heavy (non-hydrogen) atoms. The van der Waals surface area contributed by atoms with Crippen LogP contribution in [0, 0.1) is 46.1 Å². The van der Waals surface area contributed by atoms with E-state index in [-0.39, 0.29) is 35.8 Å². The normalized spacial score (nSPS) is 26.1. The van der Waals surface area contributed by atoms with Gasteiger partial charge in [0, 0.05) is 50.9 Å². The molecular weight excluding hydrogens is 810 g/mol. The lowest BCUT2D eigenvalue weighted by Crippen LogP contribution is -2.49. The van der Waals surface area contributed by atoms with Gasteiger partial charge in [-0.15, -0.1) is 11.3 Å². The third-order valence-electron chi connectivity index (χ3n) is 12.1. The molecule has 2 aliphatic heterocycles. The van der Waals surface area contributed by atoms with Gasteiger partial charge in [0.25, 0.3) is 5.69 Å². The summed E-state index contributed by atoms with van der Waals surface area (Å²) in [5.41, 5.74) is 1.11. The Hall–Kier alpha value is -5.18. The number of nitrogens with zero attached hydrogens (tertiary/aromatic N) is 5. The van der Waals surface area contributed by atoms with Gasteiger partial charge in [0.1, 0.15) is 17.3 Å².